The Bertz CT molecular complexity index is 1170. The molecule has 34 heavy (non-hydrogen) atoms. The number of anilines is 2. The van der Waals surface area contributed by atoms with Gasteiger partial charge >= 0.3 is 12.2 Å². The summed E-state index contributed by atoms with van der Waals surface area (Å²) in [7, 11) is 1.60. The van der Waals surface area contributed by atoms with Crippen molar-refractivity contribution in [2.24, 2.45) is 0 Å². The predicted octanol–water partition coefficient (Wildman–Crippen LogP) is 5.18. The third-order valence-corrected chi connectivity index (χ3v) is 5.77. The SMILES string of the molecule is COc1cccc(-c2ccc(N3CCN(C(=O)Nc4cc(C(F)(F)F)ccc4Cl)CC3)nn2)c1. The number of benzene rings is 2. The highest BCUT2D eigenvalue weighted by atomic mass is 35.5. The summed E-state index contributed by atoms with van der Waals surface area (Å²) >= 11 is 5.98. The quantitative estimate of drug-likeness (QED) is 0.544. The number of ether oxygens (including phenoxy) is 1. The van der Waals surface area contributed by atoms with E-state index in [2.05, 4.69) is 15.5 Å². The molecule has 2 amide bonds. The largest absolute Gasteiger partial charge is 0.497 e. The van der Waals surface area contributed by atoms with Gasteiger partial charge in [0.15, 0.2) is 5.82 Å². The number of alkyl halides is 3. The summed E-state index contributed by atoms with van der Waals surface area (Å²) < 4.78 is 44.1. The lowest BCUT2D eigenvalue weighted by Gasteiger charge is -2.35. The van der Waals surface area contributed by atoms with Crippen LogP contribution in [0.25, 0.3) is 11.3 Å². The zero-order valence-electron chi connectivity index (χ0n) is 18.1. The number of nitrogens with zero attached hydrogens (tertiary/aromatic N) is 4. The van der Waals surface area contributed by atoms with Gasteiger partial charge < -0.3 is 19.9 Å². The van der Waals surface area contributed by atoms with E-state index in [4.69, 9.17) is 16.3 Å². The van der Waals surface area contributed by atoms with Crippen LogP contribution in [0.2, 0.25) is 5.02 Å². The van der Waals surface area contributed by atoms with Gasteiger partial charge in [-0.2, -0.15) is 13.2 Å². The van der Waals surface area contributed by atoms with Crippen LogP contribution in [0.15, 0.2) is 54.6 Å². The number of amides is 2. The summed E-state index contributed by atoms with van der Waals surface area (Å²) in [6.07, 6.45) is -4.53. The third kappa shape index (κ3) is 5.33. The summed E-state index contributed by atoms with van der Waals surface area (Å²) in [5, 5.41) is 11.1. The number of nitrogens with one attached hydrogen (secondary N) is 1. The molecule has 0 unspecified atom stereocenters. The van der Waals surface area contributed by atoms with Crippen LogP contribution in [0.3, 0.4) is 0 Å². The number of hydrogen-bond acceptors (Lipinski definition) is 5. The van der Waals surface area contributed by atoms with Gasteiger partial charge in [-0.3, -0.25) is 0 Å². The van der Waals surface area contributed by atoms with Crippen LogP contribution in [0.5, 0.6) is 5.75 Å². The summed E-state index contributed by atoms with van der Waals surface area (Å²) in [4.78, 5) is 16.1. The van der Waals surface area contributed by atoms with E-state index in [1.807, 2.05) is 41.3 Å². The minimum Gasteiger partial charge on any atom is -0.497 e. The van der Waals surface area contributed by atoms with Crippen LogP contribution in [0.1, 0.15) is 5.56 Å². The molecular weight excluding hydrogens is 471 g/mol. The van der Waals surface area contributed by atoms with Gasteiger partial charge in [0, 0.05) is 31.7 Å². The molecule has 0 radical (unpaired) electrons. The molecule has 0 atom stereocenters. The fourth-order valence-electron chi connectivity index (χ4n) is 3.56. The molecule has 1 saturated heterocycles. The van der Waals surface area contributed by atoms with Gasteiger partial charge in [0.2, 0.25) is 0 Å². The number of carbonyl (C=O) groups excluding carboxylic acids is 1. The molecular formula is C23H21ClF3N5O2. The maximum atomic E-state index is 13.0. The zero-order valence-corrected chi connectivity index (χ0v) is 18.9. The van der Waals surface area contributed by atoms with Crippen molar-refractivity contribution in [1.82, 2.24) is 15.1 Å². The van der Waals surface area contributed by atoms with Crippen LogP contribution < -0.4 is 15.0 Å². The Morgan fingerprint density at radius 2 is 1.79 bits per heavy atom. The molecule has 1 fully saturated rings. The van der Waals surface area contributed by atoms with Crippen LogP contribution >= 0.6 is 11.6 Å². The van der Waals surface area contributed by atoms with Gasteiger partial charge in [0.25, 0.3) is 0 Å². The molecule has 2 heterocycles. The molecule has 178 valence electrons. The molecule has 0 aliphatic carbocycles. The fourth-order valence-corrected chi connectivity index (χ4v) is 3.73. The number of carbonyl (C=O) groups is 1. The maximum absolute atomic E-state index is 13.0. The number of urea groups is 1. The number of hydrogen-bond donors (Lipinski definition) is 1. The van der Waals surface area contributed by atoms with E-state index < -0.39 is 17.8 Å². The van der Waals surface area contributed by atoms with Crippen molar-refractivity contribution in [3.8, 4) is 17.0 Å². The standard InChI is InChI=1S/C23H21ClF3N5O2/c1-34-17-4-2-3-15(13-17)19-7-8-21(30-29-19)31-9-11-32(12-10-31)22(33)28-20-14-16(23(25,26)27)5-6-18(20)24/h2-8,13-14H,9-12H2,1H3,(H,28,33). The molecule has 0 spiro atoms. The van der Waals surface area contributed by atoms with E-state index in [-0.39, 0.29) is 10.7 Å². The van der Waals surface area contributed by atoms with Gasteiger partial charge in [0.1, 0.15) is 5.75 Å². The number of aromatic nitrogens is 2. The predicted molar refractivity (Wildman–Crippen MR) is 123 cm³/mol. The van der Waals surface area contributed by atoms with Crippen LogP contribution in [0, 0.1) is 0 Å². The van der Waals surface area contributed by atoms with Crippen LogP contribution in [-0.2, 0) is 6.18 Å². The molecule has 2 aromatic carbocycles. The molecule has 3 aromatic rings. The zero-order chi connectivity index (χ0) is 24.3. The first kappa shape index (κ1) is 23.6. The van der Waals surface area contributed by atoms with E-state index in [0.29, 0.717) is 37.7 Å². The Kier molecular flexibility index (Phi) is 6.78. The van der Waals surface area contributed by atoms with Gasteiger partial charge in [-0.1, -0.05) is 23.7 Å². The molecule has 1 aromatic heterocycles. The van der Waals surface area contributed by atoms with Crippen molar-refractivity contribution in [2.45, 2.75) is 6.18 Å². The molecule has 1 aliphatic rings. The highest BCUT2D eigenvalue weighted by Crippen LogP contribution is 2.34. The monoisotopic (exact) mass is 491 g/mol. The molecule has 1 N–H and O–H groups in total. The van der Waals surface area contributed by atoms with Crippen LogP contribution in [0.4, 0.5) is 29.5 Å². The van der Waals surface area contributed by atoms with Crippen molar-refractivity contribution in [2.75, 3.05) is 43.5 Å². The lowest BCUT2D eigenvalue weighted by atomic mass is 10.1. The van der Waals surface area contributed by atoms with E-state index in [1.54, 1.807) is 7.11 Å². The Morgan fingerprint density at radius 3 is 2.44 bits per heavy atom. The molecule has 0 bridgehead atoms. The Labute approximate surface area is 199 Å². The van der Waals surface area contributed by atoms with E-state index >= 15 is 0 Å². The minimum atomic E-state index is -4.53. The normalized spacial score (nSPS) is 14.1. The molecule has 11 heteroatoms. The summed E-state index contributed by atoms with van der Waals surface area (Å²) in [6.45, 7) is 1.72. The van der Waals surface area contributed by atoms with Crippen molar-refractivity contribution < 1.29 is 22.7 Å². The smallest absolute Gasteiger partial charge is 0.416 e. The second-order valence-corrected chi connectivity index (χ2v) is 8.01. The number of halogens is 4. The third-order valence-electron chi connectivity index (χ3n) is 5.44. The summed E-state index contributed by atoms with van der Waals surface area (Å²) in [5.74, 6) is 1.40. The van der Waals surface area contributed by atoms with Gasteiger partial charge in [-0.15, -0.1) is 10.2 Å². The average Bonchev–Trinajstić information content (AvgIpc) is 2.85. The second kappa shape index (κ2) is 9.76. The lowest BCUT2D eigenvalue weighted by molar-refractivity contribution is -0.137. The molecule has 4 rings (SSSR count). The molecule has 1 aliphatic heterocycles. The first-order valence-corrected chi connectivity index (χ1v) is 10.8. The second-order valence-electron chi connectivity index (χ2n) is 7.61. The van der Waals surface area contributed by atoms with Crippen LogP contribution in [-0.4, -0.2) is 54.4 Å². The number of methoxy groups -OCH3 is 1. The topological polar surface area (TPSA) is 70.6 Å². The average molecular weight is 492 g/mol. The van der Waals surface area contributed by atoms with Crippen molar-refractivity contribution in [1.29, 1.82) is 0 Å². The first-order valence-electron chi connectivity index (χ1n) is 10.4. The summed E-state index contributed by atoms with van der Waals surface area (Å²) in [6, 6.07) is 13.5. The van der Waals surface area contributed by atoms with E-state index in [0.717, 1.165) is 29.5 Å². The Morgan fingerprint density at radius 1 is 1.03 bits per heavy atom. The van der Waals surface area contributed by atoms with Crippen molar-refractivity contribution in [3.63, 3.8) is 0 Å². The number of rotatable bonds is 4. The highest BCUT2D eigenvalue weighted by molar-refractivity contribution is 6.33. The van der Waals surface area contributed by atoms with E-state index in [1.165, 1.54) is 4.90 Å². The maximum Gasteiger partial charge on any atom is 0.416 e. The molecule has 0 saturated carbocycles. The molecule has 7 nitrogen and oxygen atoms in total. The highest BCUT2D eigenvalue weighted by Gasteiger charge is 2.31. The summed E-state index contributed by atoms with van der Waals surface area (Å²) in [5.41, 5.74) is 0.627. The Hall–Kier alpha value is -3.53. The first-order chi connectivity index (χ1) is 16.2. The lowest BCUT2D eigenvalue weighted by Crippen LogP contribution is -2.50. The minimum absolute atomic E-state index is 0.0337. The van der Waals surface area contributed by atoms with Crippen molar-refractivity contribution >= 4 is 29.1 Å². The van der Waals surface area contributed by atoms with Crippen molar-refractivity contribution in [3.05, 3.63) is 65.2 Å². The number of piperazine rings is 1. The van der Waals surface area contributed by atoms with Gasteiger partial charge in [0.05, 0.1) is 29.1 Å². The van der Waals surface area contributed by atoms with E-state index in [9.17, 15) is 18.0 Å². The Balaban J connectivity index is 1.36. The fraction of sp³-hybridized carbons (Fsp3) is 0.261. The van der Waals surface area contributed by atoms with Gasteiger partial charge in [-0.05, 0) is 42.5 Å². The van der Waals surface area contributed by atoms with Gasteiger partial charge in [-0.25, -0.2) is 4.79 Å².